The number of hydrogen-bond donors (Lipinski definition) is 3. The average molecular weight is 1810 g/mol. The fraction of sp³-hybridized carbons (Fsp3) is 0.931. The molecule has 4 unspecified atom stereocenters. The SMILES string of the molecule is C.C.C.C.CC[C@H]1OC[C@H](OC)[C@@H]1C.CC[C@H]1OC[C@H](OC)[C@@H]1O.COC(C)(C)OP(=O)(CP(=O)(O[P+](C)=O)O[P+](C)=O)O[P+](C)=O.CO[C@H]1CO[C@H](/C=C/P(=O)(OC(C)(C)OC)OC(C)(C)OC)[C@H]1C.CO[C@H]1CO[C@H](/C=C/P(=O)(OC(C)(C)OC)OC(C)(C)OC)[C@H]1O.CO[C@H]1CO[C@H](C=O)[C@H]1C.CO[C@H]1CO[C@H](CO)[C@H]1C. The van der Waals surface area contributed by atoms with Crippen molar-refractivity contribution in [3.8, 4) is 0 Å². The summed E-state index contributed by atoms with van der Waals surface area (Å²) in [5.41, 5.74) is 0. The summed E-state index contributed by atoms with van der Waals surface area (Å²) in [5.74, 6) is -3.05. The topological polar surface area (TPSA) is 428 Å². The lowest BCUT2D eigenvalue weighted by molar-refractivity contribution is -0.173. The normalized spacial score (nSPS) is 29.0. The Morgan fingerprint density at radius 1 is 0.383 bits per heavy atom. The van der Waals surface area contributed by atoms with E-state index in [2.05, 4.69) is 22.5 Å². The molecule has 6 fully saturated rings. The molecule has 6 rings (SSSR count). The Kier molecular flexibility index (Phi) is 62.4. The van der Waals surface area contributed by atoms with Gasteiger partial charge in [-0.15, -0.1) is 0 Å². The van der Waals surface area contributed by atoms with Crippen molar-refractivity contribution in [2.24, 2.45) is 23.7 Å². The molecule has 3 N–H and O–H groups in total. The van der Waals surface area contributed by atoms with Gasteiger partial charge in [0.15, 0.2) is 54.8 Å². The molecule has 0 aromatic heterocycles. The number of aliphatic hydroxyl groups is 3. The first-order valence-electron chi connectivity index (χ1n) is 36.0. The Morgan fingerprint density at radius 3 is 0.922 bits per heavy atom. The number of aldehydes is 1. The van der Waals surface area contributed by atoms with Crippen molar-refractivity contribution in [2.45, 2.75) is 268 Å². The molecule has 0 aromatic rings. The smallest absolute Gasteiger partial charge is 0.394 e. The minimum atomic E-state index is -4.37. The van der Waals surface area contributed by atoms with Gasteiger partial charge >= 0.3 is 54.5 Å². The summed E-state index contributed by atoms with van der Waals surface area (Å²) in [4.78, 5) is 10.3. The molecule has 0 saturated carbocycles. The molecule has 6 aliphatic heterocycles. The van der Waals surface area contributed by atoms with E-state index in [9.17, 15) is 47.0 Å². The Balaban J connectivity index is -0.000000421. The maximum atomic E-state index is 13.2. The predicted octanol–water partition coefficient (Wildman–Crippen LogP) is 15.1. The highest BCUT2D eigenvalue weighted by Gasteiger charge is 2.54. The lowest BCUT2D eigenvalue weighted by Gasteiger charge is -2.32. The number of hydrogen-bond acceptors (Lipinski definition) is 36. The molecule has 115 heavy (non-hydrogen) atoms. The molecular formula is C72H152O36P7+3. The number of carbonyl (C=O) groups excluding carboxylic acids is 1. The van der Waals surface area contributed by atoms with Gasteiger partial charge in [-0.25, -0.2) is 0 Å². The minimum absolute atomic E-state index is 0. The molecule has 0 bridgehead atoms. The standard InChI is InChI=1S/C16H31O7P.C15H29O8P.C8H20O10P5.C8H16O2.C7H14O3.C7H12O3.C7H14O3.4CH4/c1-12-13(21-11-14(12)18-6)9-10-24(17,22-15(2,3)19-7)23-16(4,5)20-8;1-14(2,19-6)22-24(17,23-15(3,4)20-7)9-8-11-13(16)12(18-5)10-21-11;1-8(2,14-3)15-22(12,16-19(4)9)7-23(13,17-20(5)10)18-21(6)11;1-4-7-6(2)8(9-3)5-10-7;2*1-5-6(3-8)10-4-7(5)9-2;1-3-5-7(8)6(9-2)4-10-5;;;;/h9-10,12-14H,11H2,1-8H3;8-9,11-13,16H,10H2,1-7H3;7H2,1-6H3;6-8H,4-5H2,1-3H3;5-8H,3-4H2,1-2H3;3,5-7H,4H2,1-2H3;5-8H,3-4H2,1-2H3;4*1H4/q;;+3;;;;;;;;/b10-9+;9-8+;;;;;;;;;/t12-,13-,14+;11-,12+,13-;;6-,7-,8+;2*5-,6-,7+;5-,6+,7-;;;;/m11.1111..../s1. The van der Waals surface area contributed by atoms with E-state index in [0.29, 0.717) is 50.5 Å². The van der Waals surface area contributed by atoms with E-state index in [1.165, 1.54) is 74.2 Å². The highest BCUT2D eigenvalue weighted by Crippen LogP contribution is 2.72. The monoisotopic (exact) mass is 1810 g/mol. The fourth-order valence-corrected chi connectivity index (χ4v) is 23.8. The third kappa shape index (κ3) is 45.6. The Morgan fingerprint density at radius 2 is 0.652 bits per heavy atom. The third-order valence-electron chi connectivity index (χ3n) is 17.9. The van der Waals surface area contributed by atoms with Gasteiger partial charge in [0.1, 0.15) is 42.9 Å². The maximum Gasteiger partial charge on any atom is 0.513 e. The van der Waals surface area contributed by atoms with Crippen LogP contribution in [-0.2, 0) is 153 Å². The van der Waals surface area contributed by atoms with E-state index >= 15 is 0 Å². The van der Waals surface area contributed by atoms with Crippen molar-refractivity contribution < 1.29 is 168 Å². The minimum Gasteiger partial charge on any atom is -0.394 e. The molecule has 43 heteroatoms. The van der Waals surface area contributed by atoms with Crippen LogP contribution in [0.2, 0.25) is 0 Å². The van der Waals surface area contributed by atoms with Crippen LogP contribution in [0, 0.1) is 23.7 Å². The van der Waals surface area contributed by atoms with Crippen LogP contribution in [0.25, 0.3) is 0 Å². The van der Waals surface area contributed by atoms with Crippen molar-refractivity contribution in [2.75, 3.05) is 150 Å². The summed E-state index contributed by atoms with van der Waals surface area (Å²) in [6.07, 6.45) is 3.86. The van der Waals surface area contributed by atoms with Crippen LogP contribution in [0.1, 0.15) is 153 Å². The maximum absolute atomic E-state index is 13.2. The summed E-state index contributed by atoms with van der Waals surface area (Å²) >= 11 is 0. The second-order valence-corrected chi connectivity index (χ2v) is 40.2. The lowest BCUT2D eigenvalue weighted by Crippen LogP contribution is -2.31. The summed E-state index contributed by atoms with van der Waals surface area (Å²) < 4.78 is 216. The van der Waals surface area contributed by atoms with Gasteiger partial charge in [0.2, 0.25) is 0 Å². The van der Waals surface area contributed by atoms with Crippen molar-refractivity contribution >= 4 is 60.8 Å². The molecule has 6 aliphatic rings. The zero-order valence-electron chi connectivity index (χ0n) is 70.8. The summed E-state index contributed by atoms with van der Waals surface area (Å²) in [5, 5.41) is 28.2. The largest absolute Gasteiger partial charge is 0.513 e. The average Bonchev–Trinajstić information content (AvgIpc) is 1.74. The third-order valence-corrected chi connectivity index (χ3v) is 31.0. The predicted molar refractivity (Wildman–Crippen MR) is 441 cm³/mol. The van der Waals surface area contributed by atoms with Crippen molar-refractivity contribution in [3.05, 3.63) is 23.8 Å². The van der Waals surface area contributed by atoms with E-state index in [4.69, 9.17) is 113 Å². The number of carbonyl (C=O) groups is 1. The molecule has 0 radical (unpaired) electrons. The second-order valence-electron chi connectivity index (χ2n) is 28.4. The quantitative estimate of drug-likeness (QED) is 0.0295. The van der Waals surface area contributed by atoms with Crippen LogP contribution in [0.4, 0.5) is 0 Å². The number of methoxy groups -OCH3 is 11. The van der Waals surface area contributed by atoms with Crippen LogP contribution >= 0.6 is 54.5 Å². The first kappa shape index (κ1) is 123. The molecule has 688 valence electrons. The van der Waals surface area contributed by atoms with Gasteiger partial charge in [-0.2, -0.15) is 0 Å². The Bertz CT molecular complexity index is 2700. The number of ether oxygens (including phenoxy) is 17. The summed E-state index contributed by atoms with van der Waals surface area (Å²) in [6, 6.07) is 0. The van der Waals surface area contributed by atoms with Crippen LogP contribution < -0.4 is 0 Å². The molecule has 0 aromatic carbocycles. The van der Waals surface area contributed by atoms with Gasteiger partial charge in [-0.1, -0.05) is 84.2 Å². The van der Waals surface area contributed by atoms with Crippen LogP contribution in [0.3, 0.4) is 0 Å². The van der Waals surface area contributed by atoms with Gasteiger partial charge in [-0.05, 0) is 108 Å². The zero-order valence-corrected chi connectivity index (χ0v) is 77.1. The molecular weight excluding hydrogens is 1660 g/mol. The zero-order chi connectivity index (χ0) is 85.9. The van der Waals surface area contributed by atoms with Gasteiger partial charge in [0.25, 0.3) is 0 Å². The van der Waals surface area contributed by atoms with Crippen molar-refractivity contribution in [1.82, 2.24) is 0 Å². The fourth-order valence-electron chi connectivity index (χ4n) is 10.6. The van der Waals surface area contributed by atoms with E-state index in [1.54, 1.807) is 97.0 Å². The van der Waals surface area contributed by atoms with Gasteiger partial charge in [0, 0.05) is 114 Å². The van der Waals surface area contributed by atoms with E-state index in [1.807, 2.05) is 27.7 Å². The van der Waals surface area contributed by atoms with Crippen LogP contribution in [-0.4, -0.2) is 286 Å². The number of aliphatic hydroxyl groups excluding tert-OH is 3. The highest BCUT2D eigenvalue weighted by atomic mass is 31.3. The second kappa shape index (κ2) is 58.4. The molecule has 0 amide bonds. The molecule has 6 saturated heterocycles. The molecule has 36 nitrogen and oxygen atoms in total. The summed E-state index contributed by atoms with van der Waals surface area (Å²) in [6.45, 7) is 34.8. The molecule has 6 heterocycles. The van der Waals surface area contributed by atoms with Gasteiger partial charge in [0.05, 0.1) is 95.1 Å². The number of rotatable bonds is 37. The van der Waals surface area contributed by atoms with Crippen LogP contribution in [0.15, 0.2) is 23.8 Å². The lowest BCUT2D eigenvalue weighted by atomic mass is 10.00. The highest BCUT2D eigenvalue weighted by molar-refractivity contribution is 7.78. The van der Waals surface area contributed by atoms with E-state index in [0.717, 1.165) is 45.7 Å². The molecule has 22 atom stereocenters. The molecule has 0 spiro atoms. The van der Waals surface area contributed by atoms with Crippen molar-refractivity contribution in [3.63, 3.8) is 0 Å². The Hall–Kier alpha value is -0.750. The van der Waals surface area contributed by atoms with Gasteiger partial charge in [-0.3, -0.25) is 40.9 Å². The van der Waals surface area contributed by atoms with E-state index < -0.39 is 114 Å². The Labute approximate surface area is 691 Å². The van der Waals surface area contributed by atoms with E-state index in [-0.39, 0.29) is 104 Å². The summed E-state index contributed by atoms with van der Waals surface area (Å²) in [7, 11) is -6.53. The first-order chi connectivity index (χ1) is 51.3. The van der Waals surface area contributed by atoms with Crippen molar-refractivity contribution in [1.29, 1.82) is 0 Å². The van der Waals surface area contributed by atoms with Crippen LogP contribution in [0.5, 0.6) is 0 Å². The van der Waals surface area contributed by atoms with Gasteiger partial charge < -0.3 is 101 Å². The first-order valence-corrected chi connectivity index (χ1v) is 47.6. The molecule has 0 aliphatic carbocycles.